The Morgan fingerprint density at radius 1 is 1.36 bits per heavy atom. The number of aliphatic hydroxyl groups excluding tert-OH is 1. The minimum atomic E-state index is -4.38. The van der Waals surface area contributed by atoms with E-state index in [-0.39, 0.29) is 24.6 Å². The number of piperidine rings is 1. The van der Waals surface area contributed by atoms with Crippen LogP contribution in [0, 0.1) is 28.9 Å². The van der Waals surface area contributed by atoms with Crippen LogP contribution >= 0.6 is 0 Å². The first-order chi connectivity index (χ1) is 10.3. The van der Waals surface area contributed by atoms with E-state index in [1.54, 1.807) is 13.0 Å². The van der Waals surface area contributed by atoms with Gasteiger partial charge in [-0.15, -0.1) is 0 Å². The molecule has 8 heteroatoms. The van der Waals surface area contributed by atoms with E-state index in [0.29, 0.717) is 25.0 Å². The molecule has 1 aliphatic heterocycles. The molecule has 0 amide bonds. The van der Waals surface area contributed by atoms with E-state index in [0.717, 1.165) is 4.31 Å². The maximum absolute atomic E-state index is 14.0. The quantitative estimate of drug-likeness (QED) is 0.913. The highest BCUT2D eigenvalue weighted by molar-refractivity contribution is 7.89. The molecular formula is C14H16F2N2O3S. The van der Waals surface area contributed by atoms with Crippen LogP contribution in [0.3, 0.4) is 0 Å². The zero-order chi connectivity index (χ0) is 16.5. The van der Waals surface area contributed by atoms with Crippen molar-refractivity contribution in [2.75, 3.05) is 13.2 Å². The lowest BCUT2D eigenvalue weighted by molar-refractivity contribution is 0.139. The number of sulfonamides is 1. The summed E-state index contributed by atoms with van der Waals surface area (Å²) in [5.74, 6) is -2.82. The number of hydrogen-bond donors (Lipinski definition) is 1. The fourth-order valence-corrected chi connectivity index (χ4v) is 4.45. The molecule has 0 spiro atoms. The van der Waals surface area contributed by atoms with Gasteiger partial charge >= 0.3 is 0 Å². The summed E-state index contributed by atoms with van der Waals surface area (Å²) in [7, 11) is -4.38. The molecule has 120 valence electrons. The monoisotopic (exact) mass is 330 g/mol. The molecule has 1 aliphatic rings. The fraction of sp³-hybridized carbons (Fsp3) is 0.500. The molecule has 5 nitrogen and oxygen atoms in total. The summed E-state index contributed by atoms with van der Waals surface area (Å²) < 4.78 is 54.2. The molecule has 0 bridgehead atoms. The SMILES string of the molecule is CC1CCC(CO)CN1S(=O)(=O)c1c(F)cc(C#N)cc1F. The topological polar surface area (TPSA) is 81.4 Å². The standard InChI is InChI=1S/C14H16F2N2O3S/c1-9-2-3-10(8-19)7-18(9)22(20,21)14-12(15)4-11(6-17)5-13(14)16/h4-5,9-10,19H,2-3,7-8H2,1H3. The first-order valence-corrected chi connectivity index (χ1v) is 8.27. The van der Waals surface area contributed by atoms with E-state index in [2.05, 4.69) is 0 Å². The number of aliphatic hydroxyl groups is 1. The summed E-state index contributed by atoms with van der Waals surface area (Å²) in [5.41, 5.74) is -0.283. The molecule has 2 unspecified atom stereocenters. The number of halogens is 2. The number of hydrogen-bond acceptors (Lipinski definition) is 4. The van der Waals surface area contributed by atoms with Crippen molar-refractivity contribution in [2.24, 2.45) is 5.92 Å². The smallest absolute Gasteiger partial charge is 0.249 e. The van der Waals surface area contributed by atoms with Gasteiger partial charge in [-0.1, -0.05) is 0 Å². The van der Waals surface area contributed by atoms with Crippen molar-refractivity contribution in [3.8, 4) is 6.07 Å². The van der Waals surface area contributed by atoms with Crippen LogP contribution in [0.4, 0.5) is 8.78 Å². The number of rotatable bonds is 3. The first-order valence-electron chi connectivity index (χ1n) is 6.83. The van der Waals surface area contributed by atoms with Crippen LogP contribution in [0.1, 0.15) is 25.3 Å². The Morgan fingerprint density at radius 3 is 2.45 bits per heavy atom. The molecule has 1 aromatic carbocycles. The summed E-state index contributed by atoms with van der Waals surface area (Å²) in [5, 5.41) is 17.9. The Balaban J connectivity index is 2.49. The van der Waals surface area contributed by atoms with Crippen molar-refractivity contribution in [2.45, 2.75) is 30.7 Å². The van der Waals surface area contributed by atoms with Crippen molar-refractivity contribution >= 4 is 10.0 Å². The average Bonchev–Trinajstić information content (AvgIpc) is 2.46. The molecule has 2 atom stereocenters. The van der Waals surface area contributed by atoms with Gasteiger partial charge in [0.15, 0.2) is 4.90 Å². The van der Waals surface area contributed by atoms with Gasteiger partial charge in [-0.2, -0.15) is 9.57 Å². The van der Waals surface area contributed by atoms with Gasteiger partial charge in [0, 0.05) is 19.2 Å². The third-order valence-electron chi connectivity index (χ3n) is 3.87. The Kier molecular flexibility index (Phi) is 4.80. The van der Waals surface area contributed by atoms with E-state index < -0.39 is 32.6 Å². The maximum Gasteiger partial charge on any atom is 0.249 e. The molecule has 1 fully saturated rings. The fourth-order valence-electron chi connectivity index (χ4n) is 2.62. The minimum Gasteiger partial charge on any atom is -0.396 e. The third kappa shape index (κ3) is 2.97. The van der Waals surface area contributed by atoms with Gasteiger partial charge < -0.3 is 5.11 Å². The Bertz CT molecular complexity index is 692. The van der Waals surface area contributed by atoms with Crippen LogP contribution in [0.5, 0.6) is 0 Å². The van der Waals surface area contributed by atoms with Crippen LogP contribution in [0.2, 0.25) is 0 Å². The Morgan fingerprint density at radius 2 is 1.95 bits per heavy atom. The van der Waals surface area contributed by atoms with Gasteiger partial charge in [0.25, 0.3) is 0 Å². The van der Waals surface area contributed by atoms with Gasteiger partial charge in [-0.05, 0) is 37.8 Å². The minimum absolute atomic E-state index is 0.0128. The lowest BCUT2D eigenvalue weighted by Gasteiger charge is -2.36. The molecule has 1 N–H and O–H groups in total. The molecule has 0 saturated carbocycles. The third-order valence-corrected chi connectivity index (χ3v) is 5.91. The second kappa shape index (κ2) is 6.28. The van der Waals surface area contributed by atoms with Gasteiger partial charge in [0.2, 0.25) is 10.0 Å². The molecule has 2 rings (SSSR count). The van der Waals surface area contributed by atoms with E-state index in [1.807, 2.05) is 0 Å². The van der Waals surface area contributed by atoms with Crippen molar-refractivity contribution in [3.05, 3.63) is 29.3 Å². The number of benzene rings is 1. The lowest BCUT2D eigenvalue weighted by Crippen LogP contribution is -2.46. The van der Waals surface area contributed by atoms with Gasteiger partial charge in [-0.25, -0.2) is 17.2 Å². The first kappa shape index (κ1) is 16.8. The van der Waals surface area contributed by atoms with Crippen molar-refractivity contribution < 1.29 is 22.3 Å². The summed E-state index contributed by atoms with van der Waals surface area (Å²) in [6.45, 7) is 1.49. The van der Waals surface area contributed by atoms with Crippen LogP contribution in [-0.2, 0) is 10.0 Å². The Labute approximate surface area is 127 Å². The second-order valence-electron chi connectivity index (χ2n) is 5.43. The molecule has 0 aliphatic carbocycles. The highest BCUT2D eigenvalue weighted by Gasteiger charge is 2.38. The zero-order valence-corrected chi connectivity index (χ0v) is 12.8. The zero-order valence-electron chi connectivity index (χ0n) is 12.0. The molecular weight excluding hydrogens is 314 g/mol. The predicted molar refractivity (Wildman–Crippen MR) is 74.2 cm³/mol. The molecule has 0 aromatic heterocycles. The largest absolute Gasteiger partial charge is 0.396 e. The number of nitrogens with zero attached hydrogens (tertiary/aromatic N) is 2. The van der Waals surface area contributed by atoms with Crippen molar-refractivity contribution in [3.63, 3.8) is 0 Å². The number of nitriles is 1. The van der Waals surface area contributed by atoms with E-state index >= 15 is 0 Å². The Hall–Kier alpha value is -1.56. The van der Waals surface area contributed by atoms with E-state index in [1.165, 1.54) is 0 Å². The van der Waals surface area contributed by atoms with Crippen LogP contribution in [-0.4, -0.2) is 37.0 Å². The molecule has 1 heterocycles. The van der Waals surface area contributed by atoms with E-state index in [9.17, 15) is 22.3 Å². The lowest BCUT2D eigenvalue weighted by atomic mass is 9.96. The molecule has 1 aromatic rings. The van der Waals surface area contributed by atoms with Gasteiger partial charge in [-0.3, -0.25) is 0 Å². The molecule has 22 heavy (non-hydrogen) atoms. The summed E-state index contributed by atoms with van der Waals surface area (Å²) >= 11 is 0. The van der Waals surface area contributed by atoms with Crippen LogP contribution < -0.4 is 0 Å². The van der Waals surface area contributed by atoms with Crippen LogP contribution in [0.25, 0.3) is 0 Å². The summed E-state index contributed by atoms with van der Waals surface area (Å²) in [6.07, 6.45) is 1.16. The van der Waals surface area contributed by atoms with E-state index in [4.69, 9.17) is 5.26 Å². The second-order valence-corrected chi connectivity index (χ2v) is 7.26. The van der Waals surface area contributed by atoms with Crippen molar-refractivity contribution in [1.82, 2.24) is 4.31 Å². The van der Waals surface area contributed by atoms with Crippen LogP contribution in [0.15, 0.2) is 17.0 Å². The summed E-state index contributed by atoms with van der Waals surface area (Å²) in [6, 6.07) is 2.56. The molecule has 0 radical (unpaired) electrons. The average molecular weight is 330 g/mol. The molecule has 1 saturated heterocycles. The normalized spacial score (nSPS) is 23.2. The predicted octanol–water partition coefficient (Wildman–Crippen LogP) is 1.62. The highest BCUT2D eigenvalue weighted by Crippen LogP contribution is 2.30. The maximum atomic E-state index is 14.0. The van der Waals surface area contributed by atoms with Crippen molar-refractivity contribution in [1.29, 1.82) is 5.26 Å². The van der Waals surface area contributed by atoms with Gasteiger partial charge in [0.1, 0.15) is 11.6 Å². The summed E-state index contributed by atoms with van der Waals surface area (Å²) in [4.78, 5) is -1.04. The van der Waals surface area contributed by atoms with Gasteiger partial charge in [0.05, 0.1) is 11.6 Å². The highest BCUT2D eigenvalue weighted by atomic mass is 32.2.